The molecule has 0 fully saturated rings. The Labute approximate surface area is 109 Å². The van der Waals surface area contributed by atoms with Crippen LogP contribution in [0.25, 0.3) is 0 Å². The van der Waals surface area contributed by atoms with Gasteiger partial charge in [0.2, 0.25) is 5.91 Å². The van der Waals surface area contributed by atoms with E-state index in [1.807, 2.05) is 20.8 Å². The molecule has 0 rings (SSSR count). The summed E-state index contributed by atoms with van der Waals surface area (Å²) in [5, 5.41) is 14.5. The number of carbonyl (C=O) groups excluding carboxylic acids is 2. The quantitative estimate of drug-likeness (QED) is 0.679. The van der Waals surface area contributed by atoms with Crippen LogP contribution in [-0.4, -0.2) is 53.2 Å². The van der Waals surface area contributed by atoms with Gasteiger partial charge >= 0.3 is 6.03 Å². The molecule has 0 radical (unpaired) electrons. The Morgan fingerprint density at radius 2 is 1.67 bits per heavy atom. The third-order valence-electron chi connectivity index (χ3n) is 1.81. The van der Waals surface area contributed by atoms with E-state index in [1.165, 1.54) is 0 Å². The molecule has 0 aromatic carbocycles. The van der Waals surface area contributed by atoms with Crippen LogP contribution >= 0.6 is 0 Å². The van der Waals surface area contributed by atoms with E-state index < -0.39 is 17.5 Å². The summed E-state index contributed by atoms with van der Waals surface area (Å²) in [6.07, 6.45) is 0. The maximum atomic E-state index is 11.5. The lowest BCUT2D eigenvalue weighted by molar-refractivity contribution is -0.121. The number of nitrogens with one attached hydrogen (secondary N) is 2. The van der Waals surface area contributed by atoms with Crippen LogP contribution in [0.2, 0.25) is 0 Å². The van der Waals surface area contributed by atoms with E-state index >= 15 is 0 Å². The number of rotatable bonds is 4. The minimum Gasteiger partial charge on any atom is -0.389 e. The molecule has 6 nitrogen and oxygen atoms in total. The first-order valence-electron chi connectivity index (χ1n) is 5.92. The molecule has 0 bridgehead atoms. The first-order valence-corrected chi connectivity index (χ1v) is 5.92. The van der Waals surface area contributed by atoms with Gasteiger partial charge in [0.25, 0.3) is 0 Å². The van der Waals surface area contributed by atoms with Gasteiger partial charge in [-0.2, -0.15) is 0 Å². The summed E-state index contributed by atoms with van der Waals surface area (Å²) in [6, 6.07) is -0.510. The fraction of sp³-hybridized carbons (Fsp3) is 0.833. The highest BCUT2D eigenvalue weighted by Crippen LogP contribution is 2.02. The fourth-order valence-corrected chi connectivity index (χ4v) is 1.50. The van der Waals surface area contributed by atoms with Gasteiger partial charge in [0, 0.05) is 12.1 Å². The van der Waals surface area contributed by atoms with Crippen LogP contribution in [0.3, 0.4) is 0 Å². The first kappa shape index (κ1) is 16.9. The molecule has 0 unspecified atom stereocenters. The molecular formula is C12H25N3O3. The van der Waals surface area contributed by atoms with Crippen molar-refractivity contribution in [3.05, 3.63) is 0 Å². The summed E-state index contributed by atoms with van der Waals surface area (Å²) in [7, 11) is 1.71. The molecule has 18 heavy (non-hydrogen) atoms. The standard InChI is InChI=1S/C12H25N3O3/c1-11(2,3)14-10(17)13-9(16)7-15(6)8-12(4,5)18/h18H,7-8H2,1-6H3,(H2,13,14,16,17). The molecule has 0 atom stereocenters. The Hall–Kier alpha value is -1.14. The smallest absolute Gasteiger partial charge is 0.321 e. The molecule has 0 saturated carbocycles. The first-order chi connectivity index (χ1) is 7.89. The van der Waals surface area contributed by atoms with Crippen molar-refractivity contribution in [2.45, 2.75) is 45.8 Å². The van der Waals surface area contributed by atoms with Crippen molar-refractivity contribution in [1.29, 1.82) is 0 Å². The molecule has 3 amide bonds. The number of nitrogens with zero attached hydrogens (tertiary/aromatic N) is 1. The van der Waals surface area contributed by atoms with Crippen LogP contribution in [0.1, 0.15) is 34.6 Å². The minimum atomic E-state index is -0.872. The molecule has 0 heterocycles. The Morgan fingerprint density at radius 1 is 1.17 bits per heavy atom. The van der Waals surface area contributed by atoms with E-state index in [0.29, 0.717) is 6.54 Å². The number of urea groups is 1. The van der Waals surface area contributed by atoms with E-state index in [4.69, 9.17) is 0 Å². The summed E-state index contributed by atoms with van der Waals surface area (Å²) in [4.78, 5) is 24.6. The van der Waals surface area contributed by atoms with E-state index in [-0.39, 0.29) is 12.1 Å². The highest BCUT2D eigenvalue weighted by atomic mass is 16.3. The molecule has 0 aliphatic heterocycles. The summed E-state index contributed by atoms with van der Waals surface area (Å²) >= 11 is 0. The normalized spacial score (nSPS) is 12.4. The molecule has 0 spiro atoms. The molecule has 0 aromatic rings. The summed E-state index contributed by atoms with van der Waals surface area (Å²) in [5.41, 5.74) is -1.26. The number of imide groups is 1. The highest BCUT2D eigenvalue weighted by molar-refractivity contribution is 5.95. The topological polar surface area (TPSA) is 81.7 Å². The van der Waals surface area contributed by atoms with Gasteiger partial charge in [-0.05, 0) is 41.7 Å². The lowest BCUT2D eigenvalue weighted by Gasteiger charge is -2.25. The van der Waals surface area contributed by atoms with Gasteiger partial charge in [0.1, 0.15) is 0 Å². The summed E-state index contributed by atoms with van der Waals surface area (Å²) in [6.45, 7) is 9.22. The number of hydrogen-bond donors (Lipinski definition) is 3. The second-order valence-electron chi connectivity index (χ2n) is 6.24. The minimum absolute atomic E-state index is 0.0571. The zero-order valence-electron chi connectivity index (χ0n) is 12.1. The molecular weight excluding hydrogens is 234 g/mol. The Kier molecular flexibility index (Phi) is 5.76. The lowest BCUT2D eigenvalue weighted by atomic mass is 10.1. The molecule has 6 heteroatoms. The molecule has 0 aliphatic rings. The monoisotopic (exact) mass is 259 g/mol. The number of aliphatic hydroxyl groups is 1. The van der Waals surface area contributed by atoms with Crippen molar-refractivity contribution >= 4 is 11.9 Å². The molecule has 0 saturated heterocycles. The van der Waals surface area contributed by atoms with Gasteiger partial charge in [0.05, 0.1) is 12.1 Å². The predicted octanol–water partition coefficient (Wildman–Crippen LogP) is 0.313. The SMILES string of the molecule is CN(CC(=O)NC(=O)NC(C)(C)C)CC(C)(C)O. The number of amides is 3. The zero-order chi connectivity index (χ0) is 14.6. The fourth-order valence-electron chi connectivity index (χ4n) is 1.50. The molecule has 106 valence electrons. The number of likely N-dealkylation sites (N-methyl/N-ethyl adjacent to an activating group) is 1. The number of hydrogen-bond acceptors (Lipinski definition) is 4. The lowest BCUT2D eigenvalue weighted by Crippen LogP contribution is -2.50. The Balaban J connectivity index is 4.08. The van der Waals surface area contributed by atoms with Crippen molar-refractivity contribution in [3.8, 4) is 0 Å². The van der Waals surface area contributed by atoms with Gasteiger partial charge in [-0.3, -0.25) is 15.0 Å². The van der Waals surface area contributed by atoms with Gasteiger partial charge in [0.15, 0.2) is 0 Å². The second-order valence-corrected chi connectivity index (χ2v) is 6.24. The third kappa shape index (κ3) is 10.0. The second kappa shape index (κ2) is 6.15. The van der Waals surface area contributed by atoms with Crippen LogP contribution < -0.4 is 10.6 Å². The van der Waals surface area contributed by atoms with Crippen molar-refractivity contribution in [1.82, 2.24) is 15.5 Å². The van der Waals surface area contributed by atoms with Crippen LogP contribution in [0.4, 0.5) is 4.79 Å². The van der Waals surface area contributed by atoms with E-state index in [2.05, 4.69) is 10.6 Å². The highest BCUT2D eigenvalue weighted by Gasteiger charge is 2.19. The number of carbonyl (C=O) groups is 2. The van der Waals surface area contributed by atoms with Crippen molar-refractivity contribution in [2.24, 2.45) is 0 Å². The maximum absolute atomic E-state index is 11.5. The van der Waals surface area contributed by atoms with Crippen molar-refractivity contribution in [2.75, 3.05) is 20.1 Å². The third-order valence-corrected chi connectivity index (χ3v) is 1.81. The van der Waals surface area contributed by atoms with Gasteiger partial charge < -0.3 is 10.4 Å². The van der Waals surface area contributed by atoms with Crippen molar-refractivity contribution < 1.29 is 14.7 Å². The summed E-state index contributed by atoms with van der Waals surface area (Å²) in [5.74, 6) is -0.400. The molecule has 3 N–H and O–H groups in total. The van der Waals surface area contributed by atoms with Gasteiger partial charge in [-0.15, -0.1) is 0 Å². The van der Waals surface area contributed by atoms with Crippen LogP contribution in [0, 0.1) is 0 Å². The van der Waals surface area contributed by atoms with E-state index in [9.17, 15) is 14.7 Å². The Morgan fingerprint density at radius 3 is 2.06 bits per heavy atom. The maximum Gasteiger partial charge on any atom is 0.321 e. The largest absolute Gasteiger partial charge is 0.389 e. The Bertz CT molecular complexity index is 303. The van der Waals surface area contributed by atoms with Crippen LogP contribution in [-0.2, 0) is 4.79 Å². The van der Waals surface area contributed by atoms with Crippen LogP contribution in [0.5, 0.6) is 0 Å². The zero-order valence-corrected chi connectivity index (χ0v) is 12.1. The van der Waals surface area contributed by atoms with E-state index in [1.54, 1.807) is 25.8 Å². The summed E-state index contributed by atoms with van der Waals surface area (Å²) < 4.78 is 0. The predicted molar refractivity (Wildman–Crippen MR) is 70.2 cm³/mol. The average molecular weight is 259 g/mol. The van der Waals surface area contributed by atoms with Gasteiger partial charge in [-0.25, -0.2) is 4.79 Å². The average Bonchev–Trinajstić information content (AvgIpc) is 1.92. The van der Waals surface area contributed by atoms with Crippen molar-refractivity contribution in [3.63, 3.8) is 0 Å². The van der Waals surface area contributed by atoms with Gasteiger partial charge in [-0.1, -0.05) is 0 Å². The molecule has 0 aromatic heterocycles. The van der Waals surface area contributed by atoms with Crippen LogP contribution in [0.15, 0.2) is 0 Å². The van der Waals surface area contributed by atoms with E-state index in [0.717, 1.165) is 0 Å². The molecule has 0 aliphatic carbocycles.